The summed E-state index contributed by atoms with van der Waals surface area (Å²) < 4.78 is 0. The zero-order valence-electron chi connectivity index (χ0n) is 18.5. The van der Waals surface area contributed by atoms with E-state index in [0.29, 0.717) is 5.56 Å². The molecule has 0 saturated carbocycles. The quantitative estimate of drug-likeness (QED) is 0.137. The van der Waals surface area contributed by atoms with Gasteiger partial charge in [0, 0.05) is 18.6 Å². The van der Waals surface area contributed by atoms with Gasteiger partial charge >= 0.3 is 11.9 Å². The Kier molecular flexibility index (Phi) is 12.0. The van der Waals surface area contributed by atoms with Crippen LogP contribution in [0.2, 0.25) is 0 Å². The number of aliphatic carboxylic acids is 2. The Labute approximate surface area is 201 Å². The number of carbonyl (C=O) groups excluding carboxylic acids is 3. The number of benzene rings is 1. The van der Waals surface area contributed by atoms with Gasteiger partial charge in [-0.05, 0) is 18.9 Å². The van der Waals surface area contributed by atoms with Crippen molar-refractivity contribution in [3.8, 4) is 0 Å². The fourth-order valence-corrected chi connectivity index (χ4v) is 3.03. The lowest BCUT2D eigenvalue weighted by molar-refractivity contribution is -0.143. The molecule has 0 fully saturated rings. The molecule has 1 rings (SSSR count). The van der Waals surface area contributed by atoms with Gasteiger partial charge in [0.05, 0.1) is 12.1 Å². The van der Waals surface area contributed by atoms with E-state index in [4.69, 9.17) is 10.8 Å². The van der Waals surface area contributed by atoms with Gasteiger partial charge in [-0.2, -0.15) is 12.6 Å². The Balaban J connectivity index is 3.08. The van der Waals surface area contributed by atoms with Crippen molar-refractivity contribution in [2.75, 3.05) is 5.75 Å². The van der Waals surface area contributed by atoms with E-state index in [9.17, 15) is 34.2 Å². The molecule has 3 amide bonds. The van der Waals surface area contributed by atoms with E-state index >= 15 is 0 Å². The molecule has 8 N–H and O–H groups in total. The summed E-state index contributed by atoms with van der Waals surface area (Å²) in [4.78, 5) is 60.1. The number of amides is 3. The Morgan fingerprint density at radius 2 is 1.53 bits per heavy atom. The van der Waals surface area contributed by atoms with Crippen LogP contribution in [0.3, 0.4) is 0 Å². The van der Waals surface area contributed by atoms with Gasteiger partial charge in [0.15, 0.2) is 0 Å². The molecule has 188 valence electrons. The number of aliphatic hydroxyl groups excluding tert-OH is 1. The molecule has 0 heterocycles. The van der Waals surface area contributed by atoms with Gasteiger partial charge in [0.1, 0.15) is 18.1 Å². The molecular formula is C21H30N4O8S. The molecule has 0 saturated heterocycles. The minimum absolute atomic E-state index is 0.00800. The first kappa shape index (κ1) is 28.9. The molecule has 1 aromatic carbocycles. The van der Waals surface area contributed by atoms with Gasteiger partial charge in [0.25, 0.3) is 0 Å². The topological polar surface area (TPSA) is 208 Å². The third kappa shape index (κ3) is 9.77. The fraction of sp³-hybridized carbons (Fsp3) is 0.476. The standard InChI is InChI=1S/C21H30N4O8S/c1-11(26)17(25-18(29)13(22)10-34)20(31)24-15(9-12-5-3-2-4-6-12)19(30)23-14(21(32)33)7-8-16(27)28/h2-6,11,13-15,17,26,34H,7-10,22H2,1H3,(H,23,30)(H,24,31)(H,25,29)(H,27,28)(H,32,33). The van der Waals surface area contributed by atoms with Crippen molar-refractivity contribution in [1.29, 1.82) is 0 Å². The van der Waals surface area contributed by atoms with Crippen LogP contribution in [0.1, 0.15) is 25.3 Å². The number of hydrogen-bond acceptors (Lipinski definition) is 8. The molecule has 0 bridgehead atoms. The van der Waals surface area contributed by atoms with Crippen LogP contribution in [0.15, 0.2) is 30.3 Å². The maximum Gasteiger partial charge on any atom is 0.326 e. The summed E-state index contributed by atoms with van der Waals surface area (Å²) in [5, 5.41) is 35.1. The van der Waals surface area contributed by atoms with Crippen LogP contribution < -0.4 is 21.7 Å². The maximum atomic E-state index is 12.9. The van der Waals surface area contributed by atoms with Gasteiger partial charge in [-0.25, -0.2) is 4.79 Å². The molecule has 12 nitrogen and oxygen atoms in total. The number of aliphatic hydroxyl groups is 1. The lowest BCUT2D eigenvalue weighted by atomic mass is 10.0. The lowest BCUT2D eigenvalue weighted by Crippen LogP contribution is -2.60. The molecule has 34 heavy (non-hydrogen) atoms. The van der Waals surface area contributed by atoms with E-state index in [-0.39, 0.29) is 18.6 Å². The van der Waals surface area contributed by atoms with Crippen molar-refractivity contribution in [3.05, 3.63) is 35.9 Å². The van der Waals surface area contributed by atoms with E-state index in [0.717, 1.165) is 0 Å². The molecule has 13 heteroatoms. The van der Waals surface area contributed by atoms with Crippen LogP contribution in [0, 0.1) is 0 Å². The van der Waals surface area contributed by atoms with Crippen molar-refractivity contribution in [1.82, 2.24) is 16.0 Å². The Morgan fingerprint density at radius 3 is 2.03 bits per heavy atom. The highest BCUT2D eigenvalue weighted by atomic mass is 32.1. The lowest BCUT2D eigenvalue weighted by Gasteiger charge is -2.26. The smallest absolute Gasteiger partial charge is 0.326 e. The highest BCUT2D eigenvalue weighted by Crippen LogP contribution is 2.07. The minimum atomic E-state index is -1.50. The Morgan fingerprint density at radius 1 is 0.941 bits per heavy atom. The van der Waals surface area contributed by atoms with Gasteiger partial charge in [0.2, 0.25) is 17.7 Å². The Bertz CT molecular complexity index is 868. The first-order valence-corrected chi connectivity index (χ1v) is 11.0. The van der Waals surface area contributed by atoms with Crippen LogP contribution >= 0.6 is 12.6 Å². The molecule has 0 aliphatic heterocycles. The van der Waals surface area contributed by atoms with E-state index < -0.39 is 66.4 Å². The Hall–Kier alpha value is -3.16. The van der Waals surface area contributed by atoms with Gasteiger partial charge in [-0.15, -0.1) is 0 Å². The molecule has 0 aliphatic carbocycles. The van der Waals surface area contributed by atoms with E-state index in [1.807, 2.05) is 0 Å². The second-order valence-electron chi connectivity index (χ2n) is 7.60. The first-order valence-electron chi connectivity index (χ1n) is 10.4. The summed E-state index contributed by atoms with van der Waals surface area (Å²) in [6.07, 6.45) is -2.25. The number of hydrogen-bond donors (Lipinski definition) is 8. The largest absolute Gasteiger partial charge is 0.481 e. The van der Waals surface area contributed by atoms with Crippen molar-refractivity contribution in [3.63, 3.8) is 0 Å². The van der Waals surface area contributed by atoms with Crippen LogP contribution in [-0.2, 0) is 30.4 Å². The van der Waals surface area contributed by atoms with Crippen LogP contribution in [0.25, 0.3) is 0 Å². The van der Waals surface area contributed by atoms with Crippen LogP contribution in [0.4, 0.5) is 0 Å². The van der Waals surface area contributed by atoms with Crippen molar-refractivity contribution in [2.45, 2.75) is 56.5 Å². The molecule has 0 spiro atoms. The number of carboxylic acids is 2. The van der Waals surface area contributed by atoms with Crippen molar-refractivity contribution < 1.29 is 39.3 Å². The second-order valence-corrected chi connectivity index (χ2v) is 7.96. The predicted molar refractivity (Wildman–Crippen MR) is 124 cm³/mol. The zero-order valence-corrected chi connectivity index (χ0v) is 19.4. The first-order chi connectivity index (χ1) is 16.0. The number of carbonyl (C=O) groups is 5. The van der Waals surface area contributed by atoms with Gasteiger partial charge < -0.3 is 37.0 Å². The number of carboxylic acid groups (broad SMARTS) is 2. The summed E-state index contributed by atoms with van der Waals surface area (Å²) >= 11 is 3.91. The molecule has 5 atom stereocenters. The number of rotatable bonds is 14. The van der Waals surface area contributed by atoms with Crippen LogP contribution in [-0.4, -0.2) is 81.0 Å². The summed E-state index contributed by atoms with van der Waals surface area (Å²) in [5.41, 5.74) is 6.22. The number of nitrogens with two attached hydrogens (primary N) is 1. The third-order valence-corrected chi connectivity index (χ3v) is 5.17. The highest BCUT2D eigenvalue weighted by Gasteiger charge is 2.32. The molecule has 0 radical (unpaired) electrons. The highest BCUT2D eigenvalue weighted by molar-refractivity contribution is 7.80. The fourth-order valence-electron chi connectivity index (χ4n) is 2.87. The van der Waals surface area contributed by atoms with Gasteiger partial charge in [-0.3, -0.25) is 19.2 Å². The average molecular weight is 499 g/mol. The molecular weight excluding hydrogens is 468 g/mol. The number of nitrogens with one attached hydrogen (secondary N) is 3. The molecule has 0 aromatic heterocycles. The average Bonchev–Trinajstić information content (AvgIpc) is 2.78. The summed E-state index contributed by atoms with van der Waals surface area (Å²) in [6.45, 7) is 1.26. The number of thiol groups is 1. The predicted octanol–water partition coefficient (Wildman–Crippen LogP) is -1.73. The normalized spacial score (nSPS) is 15.2. The van der Waals surface area contributed by atoms with Crippen molar-refractivity contribution in [2.24, 2.45) is 5.73 Å². The summed E-state index contributed by atoms with van der Waals surface area (Å²) in [6, 6.07) is 3.24. The SMILES string of the molecule is CC(O)C(NC(=O)C(N)CS)C(=O)NC(Cc1ccccc1)C(=O)NC(CCC(=O)O)C(=O)O. The van der Waals surface area contributed by atoms with E-state index in [1.165, 1.54) is 6.92 Å². The van der Waals surface area contributed by atoms with E-state index in [1.54, 1.807) is 30.3 Å². The van der Waals surface area contributed by atoms with E-state index in [2.05, 4.69) is 28.6 Å². The zero-order chi connectivity index (χ0) is 25.8. The second kappa shape index (κ2) is 14.2. The monoisotopic (exact) mass is 498 g/mol. The molecule has 0 aliphatic rings. The molecule has 1 aromatic rings. The minimum Gasteiger partial charge on any atom is -0.481 e. The van der Waals surface area contributed by atoms with Gasteiger partial charge in [-0.1, -0.05) is 30.3 Å². The van der Waals surface area contributed by atoms with Crippen molar-refractivity contribution >= 4 is 42.3 Å². The van der Waals surface area contributed by atoms with Crippen LogP contribution in [0.5, 0.6) is 0 Å². The maximum absolute atomic E-state index is 12.9. The molecule has 5 unspecified atom stereocenters. The summed E-state index contributed by atoms with van der Waals surface area (Å²) in [5.74, 6) is -5.19. The third-order valence-electron chi connectivity index (χ3n) is 4.77. The summed E-state index contributed by atoms with van der Waals surface area (Å²) in [7, 11) is 0.